The Bertz CT molecular complexity index is 910. The van der Waals surface area contributed by atoms with Crippen LogP contribution in [0, 0.1) is 0 Å². The molecule has 1 atom stereocenters. The van der Waals surface area contributed by atoms with Gasteiger partial charge in [-0.1, -0.05) is 18.2 Å². The second kappa shape index (κ2) is 6.23. The molecule has 4 rings (SSSR count). The van der Waals surface area contributed by atoms with Gasteiger partial charge in [-0.15, -0.1) is 5.10 Å². The van der Waals surface area contributed by atoms with Crippen LogP contribution in [-0.2, 0) is 0 Å². The van der Waals surface area contributed by atoms with Gasteiger partial charge in [0.2, 0.25) is 6.79 Å². The molecule has 8 nitrogen and oxygen atoms in total. The summed E-state index contributed by atoms with van der Waals surface area (Å²) < 4.78 is 12.2. The highest BCUT2D eigenvalue weighted by Gasteiger charge is 2.19. The van der Waals surface area contributed by atoms with Gasteiger partial charge in [-0.25, -0.2) is 0 Å². The molecule has 0 fully saturated rings. The molecule has 0 aliphatic carbocycles. The number of fused-ring (bicyclic) bond motifs is 1. The van der Waals surface area contributed by atoms with E-state index in [2.05, 4.69) is 20.8 Å². The third-order valence-electron chi connectivity index (χ3n) is 3.99. The average molecular weight is 337 g/mol. The number of amides is 1. The van der Waals surface area contributed by atoms with Gasteiger partial charge in [-0.3, -0.25) is 4.79 Å². The molecule has 126 valence electrons. The Balaban J connectivity index is 1.56. The summed E-state index contributed by atoms with van der Waals surface area (Å²) in [5.41, 5.74) is 2.03. The van der Waals surface area contributed by atoms with E-state index in [4.69, 9.17) is 9.47 Å². The van der Waals surface area contributed by atoms with Gasteiger partial charge in [0.05, 0.1) is 17.3 Å². The summed E-state index contributed by atoms with van der Waals surface area (Å²) in [5.74, 6) is 1.19. The first kappa shape index (κ1) is 15.1. The molecular weight excluding hydrogens is 322 g/mol. The van der Waals surface area contributed by atoms with Crippen LogP contribution >= 0.6 is 0 Å². The zero-order valence-electron chi connectivity index (χ0n) is 13.4. The Morgan fingerprint density at radius 2 is 2.04 bits per heavy atom. The maximum absolute atomic E-state index is 12.7. The SMILES string of the molecule is CC(NC(=O)c1ccccc1-n1cnnn1)c1ccc2c(c1)OCO2. The summed E-state index contributed by atoms with van der Waals surface area (Å²) in [6.07, 6.45) is 1.45. The number of benzene rings is 2. The van der Waals surface area contributed by atoms with Gasteiger partial charge in [0.15, 0.2) is 11.5 Å². The summed E-state index contributed by atoms with van der Waals surface area (Å²) in [6.45, 7) is 2.13. The van der Waals surface area contributed by atoms with Crippen LogP contribution in [0.1, 0.15) is 28.9 Å². The van der Waals surface area contributed by atoms with E-state index in [1.165, 1.54) is 11.0 Å². The predicted molar refractivity (Wildman–Crippen MR) is 87.6 cm³/mol. The van der Waals surface area contributed by atoms with Crippen molar-refractivity contribution in [3.8, 4) is 17.2 Å². The van der Waals surface area contributed by atoms with Crippen LogP contribution in [0.4, 0.5) is 0 Å². The fourth-order valence-corrected chi connectivity index (χ4v) is 2.68. The molecule has 0 saturated carbocycles. The van der Waals surface area contributed by atoms with Gasteiger partial charge < -0.3 is 14.8 Å². The smallest absolute Gasteiger partial charge is 0.253 e. The van der Waals surface area contributed by atoms with E-state index in [0.717, 1.165) is 5.56 Å². The lowest BCUT2D eigenvalue weighted by Crippen LogP contribution is -2.27. The molecule has 0 radical (unpaired) electrons. The molecule has 1 aliphatic heterocycles. The molecule has 1 N–H and O–H groups in total. The summed E-state index contributed by atoms with van der Waals surface area (Å²) in [5, 5.41) is 14.1. The van der Waals surface area contributed by atoms with Crippen LogP contribution in [-0.4, -0.2) is 32.9 Å². The number of nitrogens with one attached hydrogen (secondary N) is 1. The molecule has 2 heterocycles. The van der Waals surface area contributed by atoms with Crippen molar-refractivity contribution in [3.63, 3.8) is 0 Å². The van der Waals surface area contributed by atoms with Crippen LogP contribution in [0.15, 0.2) is 48.8 Å². The third kappa shape index (κ3) is 2.89. The monoisotopic (exact) mass is 337 g/mol. The van der Waals surface area contributed by atoms with Crippen LogP contribution in [0.2, 0.25) is 0 Å². The molecule has 3 aromatic rings. The normalized spacial score (nSPS) is 13.5. The molecule has 1 unspecified atom stereocenters. The van der Waals surface area contributed by atoms with E-state index >= 15 is 0 Å². The maximum atomic E-state index is 12.7. The lowest BCUT2D eigenvalue weighted by molar-refractivity contribution is 0.0939. The molecule has 0 saturated heterocycles. The number of rotatable bonds is 4. The number of aromatic nitrogens is 4. The zero-order chi connectivity index (χ0) is 17.2. The van der Waals surface area contributed by atoms with Gasteiger partial charge in [0, 0.05) is 0 Å². The summed E-state index contributed by atoms with van der Waals surface area (Å²) >= 11 is 0. The van der Waals surface area contributed by atoms with Crippen molar-refractivity contribution in [1.82, 2.24) is 25.5 Å². The molecule has 0 bridgehead atoms. The first-order valence-corrected chi connectivity index (χ1v) is 7.75. The fourth-order valence-electron chi connectivity index (χ4n) is 2.68. The number of hydrogen-bond acceptors (Lipinski definition) is 6. The van der Waals surface area contributed by atoms with Crippen LogP contribution < -0.4 is 14.8 Å². The van der Waals surface area contributed by atoms with Crippen LogP contribution in [0.3, 0.4) is 0 Å². The molecule has 1 amide bonds. The van der Waals surface area contributed by atoms with Crippen molar-refractivity contribution in [2.24, 2.45) is 0 Å². The summed E-state index contributed by atoms with van der Waals surface area (Å²) in [7, 11) is 0. The Labute approximate surface area is 143 Å². The second-order valence-corrected chi connectivity index (χ2v) is 5.58. The zero-order valence-corrected chi connectivity index (χ0v) is 13.4. The number of tetrazole rings is 1. The Hall–Kier alpha value is -3.42. The van der Waals surface area contributed by atoms with Crippen LogP contribution in [0.25, 0.3) is 5.69 Å². The molecular formula is C17H15N5O3. The third-order valence-corrected chi connectivity index (χ3v) is 3.99. The van der Waals surface area contributed by atoms with Crippen molar-refractivity contribution < 1.29 is 14.3 Å². The number of carbonyl (C=O) groups excluding carboxylic acids is 1. The average Bonchev–Trinajstić information content (AvgIpc) is 3.32. The number of ether oxygens (including phenoxy) is 2. The van der Waals surface area contributed by atoms with Crippen molar-refractivity contribution in [2.45, 2.75) is 13.0 Å². The first-order valence-electron chi connectivity index (χ1n) is 7.75. The van der Waals surface area contributed by atoms with Gasteiger partial charge in [0.1, 0.15) is 6.33 Å². The van der Waals surface area contributed by atoms with Gasteiger partial charge >= 0.3 is 0 Å². The molecule has 8 heteroatoms. The van der Waals surface area contributed by atoms with Crippen LogP contribution in [0.5, 0.6) is 11.5 Å². The maximum Gasteiger partial charge on any atom is 0.253 e. The number of carbonyl (C=O) groups is 1. The highest BCUT2D eigenvalue weighted by Crippen LogP contribution is 2.34. The summed E-state index contributed by atoms with van der Waals surface area (Å²) in [6, 6.07) is 12.6. The van der Waals surface area contributed by atoms with Gasteiger partial charge in [-0.2, -0.15) is 4.68 Å². The Morgan fingerprint density at radius 1 is 1.20 bits per heavy atom. The number of para-hydroxylation sites is 1. The van der Waals surface area contributed by atoms with Crippen molar-refractivity contribution in [1.29, 1.82) is 0 Å². The topological polar surface area (TPSA) is 91.2 Å². The summed E-state index contributed by atoms with van der Waals surface area (Å²) in [4.78, 5) is 12.7. The second-order valence-electron chi connectivity index (χ2n) is 5.58. The lowest BCUT2D eigenvalue weighted by Gasteiger charge is -2.16. The standard InChI is InChI=1S/C17H15N5O3/c1-11(12-6-7-15-16(8-12)25-10-24-15)19-17(23)13-4-2-3-5-14(13)22-9-18-20-21-22/h2-9,11H,10H2,1H3,(H,19,23). The van der Waals surface area contributed by atoms with Gasteiger partial charge in [0.25, 0.3) is 5.91 Å². The van der Waals surface area contributed by atoms with Crippen molar-refractivity contribution in [3.05, 3.63) is 59.9 Å². The van der Waals surface area contributed by atoms with E-state index in [9.17, 15) is 4.79 Å². The molecule has 0 spiro atoms. The first-order chi connectivity index (χ1) is 12.2. The van der Waals surface area contributed by atoms with E-state index in [-0.39, 0.29) is 18.7 Å². The van der Waals surface area contributed by atoms with Crippen molar-refractivity contribution >= 4 is 5.91 Å². The Kier molecular flexibility index (Phi) is 3.77. The van der Waals surface area contributed by atoms with E-state index in [1.807, 2.05) is 31.2 Å². The number of nitrogens with zero attached hydrogens (tertiary/aromatic N) is 4. The predicted octanol–water partition coefficient (Wildman–Crippen LogP) is 1.88. The Morgan fingerprint density at radius 3 is 2.88 bits per heavy atom. The minimum atomic E-state index is -0.212. The van der Waals surface area contributed by atoms with E-state index in [1.54, 1.807) is 18.2 Å². The fraction of sp³-hybridized carbons (Fsp3) is 0.176. The highest BCUT2D eigenvalue weighted by atomic mass is 16.7. The van der Waals surface area contributed by atoms with Crippen molar-refractivity contribution in [2.75, 3.05) is 6.79 Å². The highest BCUT2D eigenvalue weighted by molar-refractivity contribution is 5.97. The largest absolute Gasteiger partial charge is 0.454 e. The molecule has 25 heavy (non-hydrogen) atoms. The minimum absolute atomic E-state index is 0.205. The minimum Gasteiger partial charge on any atom is -0.454 e. The number of hydrogen-bond donors (Lipinski definition) is 1. The lowest BCUT2D eigenvalue weighted by atomic mass is 10.1. The quantitative estimate of drug-likeness (QED) is 0.782. The molecule has 1 aromatic heterocycles. The van der Waals surface area contributed by atoms with E-state index < -0.39 is 0 Å². The molecule has 1 aliphatic rings. The molecule has 2 aromatic carbocycles. The van der Waals surface area contributed by atoms with E-state index in [0.29, 0.717) is 22.7 Å². The van der Waals surface area contributed by atoms with Gasteiger partial charge in [-0.05, 0) is 47.2 Å².